The summed E-state index contributed by atoms with van der Waals surface area (Å²) in [6.07, 6.45) is 1.28. The first-order valence-electron chi connectivity index (χ1n) is 4.28. The first kappa shape index (κ1) is 9.39. The van der Waals surface area contributed by atoms with Crippen LogP contribution < -0.4 is 5.73 Å². The molecule has 0 atom stereocenters. The van der Waals surface area contributed by atoms with Crippen molar-refractivity contribution in [3.8, 4) is 11.3 Å². The maximum atomic E-state index is 13.4. The van der Waals surface area contributed by atoms with E-state index in [0.717, 1.165) is 0 Å². The fourth-order valence-corrected chi connectivity index (χ4v) is 1.34. The third kappa shape index (κ3) is 1.59. The smallest absolute Gasteiger partial charge is 0.252 e. The standard InChI is InChI=1S/C10H8FN3O/c11-8-4-2-1-3-6(8)9-7(10(12)15)5-13-14-9/h1-5H,(H2,12,15)(H,13,14). The topological polar surface area (TPSA) is 71.8 Å². The molecular formula is C10H8FN3O. The lowest BCUT2D eigenvalue weighted by atomic mass is 10.1. The number of aromatic nitrogens is 2. The second-order valence-corrected chi connectivity index (χ2v) is 3.00. The van der Waals surface area contributed by atoms with Gasteiger partial charge in [-0.3, -0.25) is 9.89 Å². The van der Waals surface area contributed by atoms with Gasteiger partial charge in [-0.05, 0) is 12.1 Å². The average molecular weight is 205 g/mol. The molecule has 0 aliphatic carbocycles. The molecule has 0 fully saturated rings. The first-order chi connectivity index (χ1) is 7.20. The van der Waals surface area contributed by atoms with Gasteiger partial charge < -0.3 is 5.73 Å². The zero-order valence-corrected chi connectivity index (χ0v) is 7.70. The van der Waals surface area contributed by atoms with E-state index in [1.54, 1.807) is 18.2 Å². The maximum absolute atomic E-state index is 13.4. The van der Waals surface area contributed by atoms with Crippen LogP contribution in [0.25, 0.3) is 11.3 Å². The van der Waals surface area contributed by atoms with Gasteiger partial charge in [-0.15, -0.1) is 0 Å². The van der Waals surface area contributed by atoms with Crippen LogP contribution in [0, 0.1) is 5.82 Å². The second kappa shape index (κ2) is 3.53. The van der Waals surface area contributed by atoms with Crippen molar-refractivity contribution < 1.29 is 9.18 Å². The van der Waals surface area contributed by atoms with Crippen LogP contribution in [-0.2, 0) is 0 Å². The molecule has 76 valence electrons. The molecule has 0 saturated carbocycles. The third-order valence-electron chi connectivity index (χ3n) is 2.05. The molecule has 0 bridgehead atoms. The number of aromatic amines is 1. The second-order valence-electron chi connectivity index (χ2n) is 3.00. The van der Waals surface area contributed by atoms with Gasteiger partial charge in [-0.1, -0.05) is 12.1 Å². The van der Waals surface area contributed by atoms with E-state index in [2.05, 4.69) is 10.2 Å². The Bertz CT molecular complexity index is 507. The summed E-state index contributed by atoms with van der Waals surface area (Å²) in [5.74, 6) is -1.06. The number of hydrogen-bond acceptors (Lipinski definition) is 2. The van der Waals surface area contributed by atoms with Crippen LogP contribution in [-0.4, -0.2) is 16.1 Å². The lowest BCUT2D eigenvalue weighted by Crippen LogP contribution is -2.11. The van der Waals surface area contributed by atoms with Gasteiger partial charge in [0, 0.05) is 5.56 Å². The quantitative estimate of drug-likeness (QED) is 0.775. The number of hydrogen-bond donors (Lipinski definition) is 2. The Labute approximate surface area is 84.9 Å². The highest BCUT2D eigenvalue weighted by molar-refractivity contribution is 5.98. The summed E-state index contributed by atoms with van der Waals surface area (Å²) >= 11 is 0. The highest BCUT2D eigenvalue weighted by Crippen LogP contribution is 2.23. The molecule has 0 aliphatic heterocycles. The molecule has 0 spiro atoms. The van der Waals surface area contributed by atoms with E-state index >= 15 is 0 Å². The molecule has 3 N–H and O–H groups in total. The number of carbonyl (C=O) groups is 1. The van der Waals surface area contributed by atoms with Crippen molar-refractivity contribution in [1.29, 1.82) is 0 Å². The van der Waals surface area contributed by atoms with Crippen LogP contribution in [0.5, 0.6) is 0 Å². The molecular weight excluding hydrogens is 197 g/mol. The van der Waals surface area contributed by atoms with E-state index in [-0.39, 0.29) is 11.1 Å². The molecule has 1 aromatic heterocycles. The van der Waals surface area contributed by atoms with Gasteiger partial charge >= 0.3 is 0 Å². The summed E-state index contributed by atoms with van der Waals surface area (Å²) in [6.45, 7) is 0. The lowest BCUT2D eigenvalue weighted by Gasteiger charge is -2.01. The van der Waals surface area contributed by atoms with Crippen LogP contribution in [0.15, 0.2) is 30.5 Å². The number of nitrogens with zero attached hydrogens (tertiary/aromatic N) is 1. The monoisotopic (exact) mass is 205 g/mol. The van der Waals surface area contributed by atoms with Gasteiger partial charge in [0.25, 0.3) is 5.91 Å². The Balaban J connectivity index is 2.59. The highest BCUT2D eigenvalue weighted by atomic mass is 19.1. The van der Waals surface area contributed by atoms with Crippen molar-refractivity contribution >= 4 is 5.91 Å². The molecule has 1 amide bonds. The zero-order chi connectivity index (χ0) is 10.8. The number of rotatable bonds is 2. The molecule has 2 rings (SSSR count). The lowest BCUT2D eigenvalue weighted by molar-refractivity contribution is 0.100. The molecule has 1 heterocycles. The van der Waals surface area contributed by atoms with E-state index in [0.29, 0.717) is 5.69 Å². The van der Waals surface area contributed by atoms with Gasteiger partial charge in [0.15, 0.2) is 0 Å². The predicted molar refractivity (Wildman–Crippen MR) is 52.5 cm³/mol. The Morgan fingerprint density at radius 2 is 2.13 bits per heavy atom. The summed E-state index contributed by atoms with van der Waals surface area (Å²) in [4.78, 5) is 11.0. The first-order valence-corrected chi connectivity index (χ1v) is 4.28. The summed E-state index contributed by atoms with van der Waals surface area (Å²) in [5, 5.41) is 6.22. The van der Waals surface area contributed by atoms with Crippen molar-refractivity contribution in [2.45, 2.75) is 0 Å². The number of benzene rings is 1. The molecule has 0 unspecified atom stereocenters. The van der Waals surface area contributed by atoms with Gasteiger partial charge in [-0.2, -0.15) is 5.10 Å². The minimum Gasteiger partial charge on any atom is -0.365 e. The predicted octanol–water partition coefficient (Wildman–Crippen LogP) is 1.31. The summed E-state index contributed by atoms with van der Waals surface area (Å²) in [5.41, 5.74) is 5.89. The number of nitrogens with two attached hydrogens (primary N) is 1. The van der Waals surface area contributed by atoms with E-state index in [4.69, 9.17) is 5.73 Å². The van der Waals surface area contributed by atoms with Crippen LogP contribution in [0.3, 0.4) is 0 Å². The SMILES string of the molecule is NC(=O)c1cn[nH]c1-c1ccccc1F. The maximum Gasteiger partial charge on any atom is 0.252 e. The highest BCUT2D eigenvalue weighted by Gasteiger charge is 2.14. The zero-order valence-electron chi connectivity index (χ0n) is 7.70. The van der Waals surface area contributed by atoms with Crippen molar-refractivity contribution in [3.63, 3.8) is 0 Å². The van der Waals surface area contributed by atoms with Crippen molar-refractivity contribution in [2.24, 2.45) is 5.73 Å². The minimum absolute atomic E-state index is 0.181. The van der Waals surface area contributed by atoms with Gasteiger partial charge in [0.2, 0.25) is 0 Å². The number of nitrogens with one attached hydrogen (secondary N) is 1. The summed E-state index contributed by atoms with van der Waals surface area (Å²) in [7, 11) is 0. The molecule has 2 aromatic rings. The summed E-state index contributed by atoms with van der Waals surface area (Å²) < 4.78 is 13.4. The van der Waals surface area contributed by atoms with Crippen molar-refractivity contribution in [2.75, 3.05) is 0 Å². The molecule has 1 aromatic carbocycles. The largest absolute Gasteiger partial charge is 0.365 e. The Morgan fingerprint density at radius 1 is 1.40 bits per heavy atom. The fraction of sp³-hybridized carbons (Fsp3) is 0. The Kier molecular flexibility index (Phi) is 2.21. The van der Waals surface area contributed by atoms with E-state index in [1.165, 1.54) is 12.3 Å². The normalized spacial score (nSPS) is 10.2. The van der Waals surface area contributed by atoms with Crippen LogP contribution in [0.4, 0.5) is 4.39 Å². The minimum atomic E-state index is -0.637. The fourth-order valence-electron chi connectivity index (χ4n) is 1.34. The number of halogens is 1. The van der Waals surface area contributed by atoms with E-state index in [1.807, 2.05) is 0 Å². The van der Waals surface area contributed by atoms with Crippen molar-refractivity contribution in [3.05, 3.63) is 41.8 Å². The third-order valence-corrected chi connectivity index (χ3v) is 2.05. The molecule has 4 nitrogen and oxygen atoms in total. The van der Waals surface area contributed by atoms with Gasteiger partial charge in [0.05, 0.1) is 17.5 Å². The van der Waals surface area contributed by atoms with Gasteiger partial charge in [-0.25, -0.2) is 4.39 Å². The average Bonchev–Trinajstić information content (AvgIpc) is 2.67. The molecule has 0 radical (unpaired) electrons. The molecule has 0 aliphatic rings. The summed E-state index contributed by atoms with van der Waals surface area (Å²) in [6, 6.07) is 6.10. The molecule has 0 saturated heterocycles. The Morgan fingerprint density at radius 3 is 2.80 bits per heavy atom. The molecule has 5 heteroatoms. The number of amides is 1. The van der Waals surface area contributed by atoms with Crippen LogP contribution in [0.2, 0.25) is 0 Å². The van der Waals surface area contributed by atoms with Gasteiger partial charge in [0.1, 0.15) is 5.82 Å². The Hall–Kier alpha value is -2.17. The van der Waals surface area contributed by atoms with Crippen molar-refractivity contribution in [1.82, 2.24) is 10.2 Å². The van der Waals surface area contributed by atoms with Crippen LogP contribution >= 0.6 is 0 Å². The van der Waals surface area contributed by atoms with Crippen LogP contribution in [0.1, 0.15) is 10.4 Å². The van der Waals surface area contributed by atoms with E-state index < -0.39 is 11.7 Å². The number of H-pyrrole nitrogens is 1. The number of carbonyl (C=O) groups excluding carboxylic acids is 1. The van der Waals surface area contributed by atoms with E-state index in [9.17, 15) is 9.18 Å². The molecule has 15 heavy (non-hydrogen) atoms. The number of primary amides is 1.